The molecule has 0 bridgehead atoms. The second-order valence-corrected chi connectivity index (χ2v) is 7.73. The Labute approximate surface area is 171 Å². The summed E-state index contributed by atoms with van der Waals surface area (Å²) in [5, 5.41) is 6.89. The number of aromatic nitrogens is 2. The van der Waals surface area contributed by atoms with E-state index in [-0.39, 0.29) is 6.03 Å². The molecule has 0 unspecified atom stereocenters. The topological polar surface area (TPSA) is 55.5 Å². The van der Waals surface area contributed by atoms with E-state index < -0.39 is 0 Å². The van der Waals surface area contributed by atoms with Crippen LogP contribution in [0.2, 0.25) is 0 Å². The van der Waals surface area contributed by atoms with Crippen molar-refractivity contribution in [2.45, 2.75) is 13.0 Å². The van der Waals surface area contributed by atoms with E-state index in [4.69, 9.17) is 0 Å². The number of benzene rings is 2. The zero-order valence-corrected chi connectivity index (χ0v) is 17.0. The maximum absolute atomic E-state index is 13.5. The van der Waals surface area contributed by atoms with Gasteiger partial charge in [0.25, 0.3) is 0 Å². The predicted octanol–water partition coefficient (Wildman–Crippen LogP) is 3.62. The minimum absolute atomic E-state index is 0.0746. The highest BCUT2D eigenvalue weighted by Gasteiger charge is 2.28. The second kappa shape index (κ2) is 8.49. The molecule has 2 amide bonds. The number of likely N-dealkylation sites (N-methyl/N-ethyl adjacent to an activating group) is 1. The molecule has 2 heterocycles. The van der Waals surface area contributed by atoms with Crippen LogP contribution in [0.4, 0.5) is 10.5 Å². The zero-order valence-electron chi connectivity index (χ0n) is 17.0. The van der Waals surface area contributed by atoms with Gasteiger partial charge in [-0.3, -0.25) is 10.00 Å². The number of anilines is 1. The number of carbonyl (C=O) groups is 1. The Morgan fingerprint density at radius 1 is 1.10 bits per heavy atom. The molecule has 0 atom stereocenters. The molecule has 1 aliphatic rings. The summed E-state index contributed by atoms with van der Waals surface area (Å²) in [6, 6.07) is 16.6. The van der Waals surface area contributed by atoms with Crippen molar-refractivity contribution < 1.29 is 4.79 Å². The Bertz CT molecular complexity index is 953. The van der Waals surface area contributed by atoms with Crippen molar-refractivity contribution in [3.8, 4) is 11.1 Å². The van der Waals surface area contributed by atoms with Crippen LogP contribution in [0, 0.1) is 0 Å². The van der Waals surface area contributed by atoms with E-state index in [0.29, 0.717) is 13.1 Å². The molecule has 1 N–H and O–H groups in total. The van der Waals surface area contributed by atoms with Crippen LogP contribution in [0.5, 0.6) is 0 Å². The Hall–Kier alpha value is -3.12. The van der Waals surface area contributed by atoms with Crippen LogP contribution in [0.3, 0.4) is 0 Å². The summed E-state index contributed by atoms with van der Waals surface area (Å²) >= 11 is 0. The Kier molecular flexibility index (Phi) is 5.62. The van der Waals surface area contributed by atoms with E-state index in [1.165, 1.54) is 5.56 Å². The van der Waals surface area contributed by atoms with E-state index in [1.54, 1.807) is 0 Å². The van der Waals surface area contributed by atoms with E-state index in [0.717, 1.165) is 41.9 Å². The van der Waals surface area contributed by atoms with E-state index in [9.17, 15) is 4.79 Å². The lowest BCUT2D eigenvalue weighted by molar-refractivity contribution is 0.196. The van der Waals surface area contributed by atoms with Gasteiger partial charge >= 0.3 is 6.03 Å². The molecule has 0 spiro atoms. The number of nitrogens with zero attached hydrogens (tertiary/aromatic N) is 4. The molecular formula is C23H27N5O. The highest BCUT2D eigenvalue weighted by molar-refractivity contribution is 5.94. The molecule has 150 valence electrons. The Morgan fingerprint density at radius 2 is 1.93 bits per heavy atom. The van der Waals surface area contributed by atoms with Crippen molar-refractivity contribution >= 4 is 11.7 Å². The van der Waals surface area contributed by atoms with Gasteiger partial charge in [0.05, 0.1) is 6.20 Å². The van der Waals surface area contributed by atoms with E-state index >= 15 is 0 Å². The summed E-state index contributed by atoms with van der Waals surface area (Å²) in [5.74, 6) is 0. The first kappa shape index (κ1) is 19.2. The van der Waals surface area contributed by atoms with Gasteiger partial charge < -0.3 is 9.80 Å². The number of hydrogen-bond acceptors (Lipinski definition) is 3. The number of carbonyl (C=O) groups excluding carboxylic acids is 1. The molecule has 0 saturated carbocycles. The number of nitrogens with one attached hydrogen (secondary N) is 1. The molecule has 6 heteroatoms. The Balaban J connectivity index is 1.55. The zero-order chi connectivity index (χ0) is 20.2. The van der Waals surface area contributed by atoms with Crippen molar-refractivity contribution in [1.82, 2.24) is 20.0 Å². The van der Waals surface area contributed by atoms with Gasteiger partial charge in [-0.2, -0.15) is 5.10 Å². The smallest absolute Gasteiger partial charge is 0.319 e. The number of fused-ring (bicyclic) bond motifs is 1. The number of aromatic amines is 1. The van der Waals surface area contributed by atoms with Crippen LogP contribution in [-0.2, 0) is 13.0 Å². The lowest BCUT2D eigenvalue weighted by atomic mass is 10.0. The molecule has 1 aliphatic heterocycles. The van der Waals surface area contributed by atoms with Gasteiger partial charge in [0.2, 0.25) is 0 Å². The van der Waals surface area contributed by atoms with Gasteiger partial charge in [-0.05, 0) is 49.3 Å². The fraction of sp³-hybridized carbons (Fsp3) is 0.304. The third-order valence-corrected chi connectivity index (χ3v) is 5.34. The first-order valence-electron chi connectivity index (χ1n) is 9.99. The molecule has 0 aliphatic carbocycles. The molecule has 3 aromatic rings. The van der Waals surface area contributed by atoms with Crippen molar-refractivity contribution in [2.75, 3.05) is 38.6 Å². The summed E-state index contributed by atoms with van der Waals surface area (Å²) in [6.07, 6.45) is 4.59. The third kappa shape index (κ3) is 4.32. The molecule has 29 heavy (non-hydrogen) atoms. The summed E-state index contributed by atoms with van der Waals surface area (Å²) in [7, 11) is 4.07. The first-order valence-corrected chi connectivity index (χ1v) is 9.99. The second-order valence-electron chi connectivity index (χ2n) is 7.73. The van der Waals surface area contributed by atoms with Gasteiger partial charge in [-0.1, -0.05) is 36.4 Å². The minimum atomic E-state index is 0.0746. The Morgan fingerprint density at radius 3 is 2.66 bits per heavy atom. The number of hydrogen-bond donors (Lipinski definition) is 1. The predicted molar refractivity (Wildman–Crippen MR) is 116 cm³/mol. The summed E-state index contributed by atoms with van der Waals surface area (Å²) in [6.45, 7) is 2.86. The molecule has 4 rings (SSSR count). The summed E-state index contributed by atoms with van der Waals surface area (Å²) in [5.41, 5.74) is 5.57. The van der Waals surface area contributed by atoms with Crippen molar-refractivity contribution in [2.24, 2.45) is 0 Å². The van der Waals surface area contributed by atoms with Crippen LogP contribution in [-0.4, -0.2) is 59.8 Å². The summed E-state index contributed by atoms with van der Waals surface area (Å²) < 4.78 is 0. The van der Waals surface area contributed by atoms with Gasteiger partial charge in [-0.25, -0.2) is 4.79 Å². The lowest BCUT2D eigenvalue weighted by Gasteiger charge is -2.29. The molecule has 1 aromatic heterocycles. The fourth-order valence-corrected chi connectivity index (χ4v) is 3.73. The SMILES string of the molecule is CN(C)CCN(Cc1ccccc1)C(=O)N1CCc2cc(-c3cn[nH]c3)ccc21. The maximum Gasteiger partial charge on any atom is 0.324 e. The van der Waals surface area contributed by atoms with Crippen LogP contribution in [0.1, 0.15) is 11.1 Å². The molecular weight excluding hydrogens is 362 g/mol. The molecule has 0 radical (unpaired) electrons. The van der Waals surface area contributed by atoms with Gasteiger partial charge in [-0.15, -0.1) is 0 Å². The largest absolute Gasteiger partial charge is 0.324 e. The van der Waals surface area contributed by atoms with Gasteiger partial charge in [0, 0.05) is 43.6 Å². The molecule has 6 nitrogen and oxygen atoms in total. The molecule has 0 saturated heterocycles. The molecule has 0 fully saturated rings. The first-order chi connectivity index (χ1) is 14.1. The lowest BCUT2D eigenvalue weighted by Crippen LogP contribution is -2.44. The third-order valence-electron chi connectivity index (χ3n) is 5.34. The normalized spacial score (nSPS) is 13.0. The number of amides is 2. The average molecular weight is 390 g/mol. The quantitative estimate of drug-likeness (QED) is 0.701. The minimum Gasteiger partial charge on any atom is -0.319 e. The standard InChI is InChI=1S/C23H27N5O/c1-26(2)12-13-27(17-18-6-4-3-5-7-18)23(29)28-11-10-20-14-19(8-9-22(20)28)21-15-24-25-16-21/h3-9,14-16H,10-13,17H2,1-2H3,(H,24,25). The van der Waals surface area contributed by atoms with Crippen LogP contribution < -0.4 is 4.90 Å². The molecule has 2 aromatic carbocycles. The maximum atomic E-state index is 13.5. The fourth-order valence-electron chi connectivity index (χ4n) is 3.73. The van der Waals surface area contributed by atoms with Crippen LogP contribution in [0.15, 0.2) is 60.9 Å². The van der Waals surface area contributed by atoms with Crippen LogP contribution in [0.25, 0.3) is 11.1 Å². The van der Waals surface area contributed by atoms with Gasteiger partial charge in [0.1, 0.15) is 0 Å². The van der Waals surface area contributed by atoms with Crippen molar-refractivity contribution in [3.63, 3.8) is 0 Å². The van der Waals surface area contributed by atoms with Crippen molar-refractivity contribution in [3.05, 3.63) is 72.1 Å². The monoisotopic (exact) mass is 389 g/mol. The number of urea groups is 1. The van der Waals surface area contributed by atoms with E-state index in [2.05, 4.69) is 45.4 Å². The average Bonchev–Trinajstić information content (AvgIpc) is 3.40. The highest BCUT2D eigenvalue weighted by Crippen LogP contribution is 2.33. The van der Waals surface area contributed by atoms with E-state index in [1.807, 2.05) is 54.5 Å². The number of rotatable bonds is 6. The summed E-state index contributed by atoms with van der Waals surface area (Å²) in [4.78, 5) is 19.4. The number of H-pyrrole nitrogens is 1. The van der Waals surface area contributed by atoms with Gasteiger partial charge in [0.15, 0.2) is 0 Å². The van der Waals surface area contributed by atoms with Crippen LogP contribution >= 0.6 is 0 Å². The van der Waals surface area contributed by atoms with Crippen molar-refractivity contribution in [1.29, 1.82) is 0 Å². The highest BCUT2D eigenvalue weighted by atomic mass is 16.2.